The van der Waals surface area contributed by atoms with Gasteiger partial charge in [0.05, 0.1) is 35.8 Å². The molecule has 0 spiro atoms. The topological polar surface area (TPSA) is 137 Å². The van der Waals surface area contributed by atoms with Gasteiger partial charge >= 0.3 is 5.97 Å². The lowest BCUT2D eigenvalue weighted by molar-refractivity contribution is 0.0519. The number of nitrogens with zero attached hydrogens (tertiary/aromatic N) is 3. The third kappa shape index (κ3) is 5.45. The fourth-order valence-corrected chi connectivity index (χ4v) is 6.74. The molecular formula is C26H23BrN4O7S2. The zero-order valence-corrected chi connectivity index (χ0v) is 24.3. The summed E-state index contributed by atoms with van der Waals surface area (Å²) in [6, 6.07) is 12.3. The molecule has 0 aliphatic carbocycles. The summed E-state index contributed by atoms with van der Waals surface area (Å²) in [6.45, 7) is 2.95. The molecular weight excluding hydrogens is 624 g/mol. The van der Waals surface area contributed by atoms with Crippen molar-refractivity contribution in [1.82, 2.24) is 14.1 Å². The smallest absolute Gasteiger partial charge is 0.359 e. The maximum absolute atomic E-state index is 13.6. The fraction of sp³-hybridized carbons (Fsp3) is 0.231. The number of anilines is 1. The van der Waals surface area contributed by atoms with Crippen LogP contribution in [0.25, 0.3) is 16.5 Å². The van der Waals surface area contributed by atoms with E-state index in [2.05, 4.69) is 26.3 Å². The van der Waals surface area contributed by atoms with Crippen LogP contribution in [0.4, 0.5) is 5.00 Å². The molecule has 0 saturated carbocycles. The van der Waals surface area contributed by atoms with Gasteiger partial charge in [0.2, 0.25) is 10.0 Å². The molecule has 2 aromatic carbocycles. The van der Waals surface area contributed by atoms with Gasteiger partial charge in [-0.05, 0) is 55.5 Å². The predicted molar refractivity (Wildman–Crippen MR) is 153 cm³/mol. The Labute approximate surface area is 241 Å². The summed E-state index contributed by atoms with van der Waals surface area (Å²) in [7, 11) is -3.71. The number of hydrogen-bond acceptors (Lipinski definition) is 9. The van der Waals surface area contributed by atoms with Gasteiger partial charge < -0.3 is 14.8 Å². The van der Waals surface area contributed by atoms with Crippen LogP contribution < -0.4 is 10.9 Å². The van der Waals surface area contributed by atoms with Crippen LogP contribution in [0.3, 0.4) is 0 Å². The molecule has 4 aromatic rings. The van der Waals surface area contributed by atoms with Crippen LogP contribution in [0, 0.1) is 0 Å². The molecule has 0 unspecified atom stereocenters. The van der Waals surface area contributed by atoms with Crippen LogP contribution in [-0.2, 0) is 19.5 Å². The molecule has 11 nitrogen and oxygen atoms in total. The number of fused-ring (bicyclic) bond motifs is 1. The van der Waals surface area contributed by atoms with Crippen LogP contribution in [0.1, 0.15) is 27.8 Å². The van der Waals surface area contributed by atoms with Gasteiger partial charge in [0, 0.05) is 33.9 Å². The maximum atomic E-state index is 13.6. The number of thiophene rings is 1. The number of sulfonamides is 1. The first-order valence-electron chi connectivity index (χ1n) is 12.2. The number of aromatic nitrogens is 2. The van der Waals surface area contributed by atoms with Gasteiger partial charge in [-0.3, -0.25) is 9.59 Å². The molecule has 2 aromatic heterocycles. The van der Waals surface area contributed by atoms with Crippen LogP contribution in [0.15, 0.2) is 68.1 Å². The first-order valence-corrected chi connectivity index (χ1v) is 15.3. The SMILES string of the molecule is CCOC(=O)c1nn(-c2ccc(Br)cc2)c(=O)c2c(NC(=O)c3ccc(S(=O)(=O)N4CCOCC4)cc3)scc12. The Morgan fingerprint density at radius 3 is 2.42 bits per heavy atom. The van der Waals surface area contributed by atoms with E-state index in [0.29, 0.717) is 18.9 Å². The van der Waals surface area contributed by atoms with Crippen molar-refractivity contribution in [1.29, 1.82) is 0 Å². The molecule has 0 radical (unpaired) electrons. The van der Waals surface area contributed by atoms with Gasteiger partial charge in [-0.25, -0.2) is 13.2 Å². The van der Waals surface area contributed by atoms with Crippen molar-refractivity contribution in [3.05, 3.63) is 80.0 Å². The van der Waals surface area contributed by atoms with E-state index >= 15 is 0 Å². The predicted octanol–water partition coefficient (Wildman–Crippen LogP) is 3.66. The van der Waals surface area contributed by atoms with Crippen molar-refractivity contribution in [2.45, 2.75) is 11.8 Å². The Balaban J connectivity index is 1.49. The summed E-state index contributed by atoms with van der Waals surface area (Å²) in [6.07, 6.45) is 0. The number of esters is 1. The summed E-state index contributed by atoms with van der Waals surface area (Å²) >= 11 is 4.42. The van der Waals surface area contributed by atoms with Crippen LogP contribution >= 0.6 is 27.3 Å². The van der Waals surface area contributed by atoms with Crippen molar-refractivity contribution in [2.24, 2.45) is 0 Å². The summed E-state index contributed by atoms with van der Waals surface area (Å²) in [4.78, 5) is 39.5. The van der Waals surface area contributed by atoms with Gasteiger partial charge in [-0.15, -0.1) is 11.3 Å². The second-order valence-electron chi connectivity index (χ2n) is 8.61. The third-order valence-corrected chi connectivity index (χ3v) is 9.48. The normalized spacial score (nSPS) is 14.2. The fourth-order valence-electron chi connectivity index (χ4n) is 4.14. The number of benzene rings is 2. The number of amides is 1. The average molecular weight is 648 g/mol. The molecule has 1 saturated heterocycles. The van der Waals surface area contributed by atoms with E-state index in [-0.39, 0.29) is 51.6 Å². The zero-order chi connectivity index (χ0) is 28.4. The number of morpholine rings is 1. The standard InChI is InChI=1S/C26H23BrN4O7S2/c1-2-38-26(34)22-20-15-39-24(21(20)25(33)31(29-22)18-7-5-17(27)6-8-18)28-23(32)16-3-9-19(10-4-16)40(35,36)30-11-13-37-14-12-30/h3-10,15H,2,11-14H2,1H3,(H,28,32). The first-order chi connectivity index (χ1) is 19.2. The van der Waals surface area contributed by atoms with Gasteiger partial charge in [-0.1, -0.05) is 15.9 Å². The highest BCUT2D eigenvalue weighted by atomic mass is 79.9. The molecule has 1 fully saturated rings. The molecule has 1 aliphatic heterocycles. The van der Waals surface area contributed by atoms with E-state index in [0.717, 1.165) is 20.5 Å². The first kappa shape index (κ1) is 28.1. The van der Waals surface area contributed by atoms with Crippen molar-refractivity contribution in [3.8, 4) is 5.69 Å². The summed E-state index contributed by atoms with van der Waals surface area (Å²) in [5, 5.41) is 9.15. The molecule has 5 rings (SSSR count). The van der Waals surface area contributed by atoms with Gasteiger partial charge in [0.25, 0.3) is 11.5 Å². The highest BCUT2D eigenvalue weighted by Gasteiger charge is 2.27. The molecule has 1 N–H and O–H groups in total. The van der Waals surface area contributed by atoms with E-state index < -0.39 is 27.5 Å². The minimum Gasteiger partial charge on any atom is -0.461 e. The van der Waals surface area contributed by atoms with Crippen molar-refractivity contribution >= 4 is 64.9 Å². The number of hydrogen-bond donors (Lipinski definition) is 1. The molecule has 1 amide bonds. The van der Waals surface area contributed by atoms with E-state index in [1.165, 1.54) is 28.6 Å². The molecule has 40 heavy (non-hydrogen) atoms. The second kappa shape index (κ2) is 11.6. The second-order valence-corrected chi connectivity index (χ2v) is 12.3. The molecule has 14 heteroatoms. The number of carbonyl (C=O) groups excluding carboxylic acids is 2. The quantitative estimate of drug-likeness (QED) is 0.300. The molecule has 3 heterocycles. The van der Waals surface area contributed by atoms with E-state index in [1.807, 2.05) is 0 Å². The minimum atomic E-state index is -3.71. The number of ether oxygens (including phenoxy) is 2. The largest absolute Gasteiger partial charge is 0.461 e. The maximum Gasteiger partial charge on any atom is 0.359 e. The Bertz CT molecular complexity index is 1740. The molecule has 0 atom stereocenters. The van der Waals surface area contributed by atoms with Crippen molar-refractivity contribution < 1.29 is 27.5 Å². The number of halogens is 1. The highest BCUT2D eigenvalue weighted by Crippen LogP contribution is 2.31. The zero-order valence-electron chi connectivity index (χ0n) is 21.1. The van der Waals surface area contributed by atoms with Crippen molar-refractivity contribution in [2.75, 3.05) is 38.2 Å². The Kier molecular flexibility index (Phi) is 8.14. The number of rotatable bonds is 7. The van der Waals surface area contributed by atoms with E-state index in [4.69, 9.17) is 9.47 Å². The van der Waals surface area contributed by atoms with Crippen molar-refractivity contribution in [3.63, 3.8) is 0 Å². The summed E-state index contributed by atoms with van der Waals surface area (Å²) in [5.41, 5.74) is 0.0132. The molecule has 1 aliphatic rings. The average Bonchev–Trinajstić information content (AvgIpc) is 3.38. The minimum absolute atomic E-state index is 0.0613. The molecule has 208 valence electrons. The highest BCUT2D eigenvalue weighted by molar-refractivity contribution is 9.10. The van der Waals surface area contributed by atoms with Crippen LogP contribution in [0.2, 0.25) is 0 Å². The lowest BCUT2D eigenvalue weighted by atomic mass is 10.2. The molecule has 0 bridgehead atoms. The van der Waals surface area contributed by atoms with Crippen LogP contribution in [0.5, 0.6) is 0 Å². The summed E-state index contributed by atoms with van der Waals surface area (Å²) < 4.78 is 39.4. The van der Waals surface area contributed by atoms with Gasteiger partial charge in [0.15, 0.2) is 5.69 Å². The Hall–Kier alpha value is -3.43. The van der Waals surface area contributed by atoms with E-state index in [9.17, 15) is 22.8 Å². The lowest BCUT2D eigenvalue weighted by Gasteiger charge is -2.26. The van der Waals surface area contributed by atoms with E-state index in [1.54, 1.807) is 36.6 Å². The number of carbonyl (C=O) groups is 2. The summed E-state index contributed by atoms with van der Waals surface area (Å²) in [5.74, 6) is -1.26. The Morgan fingerprint density at radius 1 is 1.10 bits per heavy atom. The van der Waals surface area contributed by atoms with Gasteiger partial charge in [-0.2, -0.15) is 14.1 Å². The lowest BCUT2D eigenvalue weighted by Crippen LogP contribution is -2.40. The Morgan fingerprint density at radius 2 is 1.77 bits per heavy atom. The number of nitrogens with one attached hydrogen (secondary N) is 1. The monoisotopic (exact) mass is 646 g/mol. The third-order valence-electron chi connectivity index (χ3n) is 6.14. The van der Waals surface area contributed by atoms with Gasteiger partial charge in [0.1, 0.15) is 5.00 Å². The van der Waals surface area contributed by atoms with Crippen LogP contribution in [-0.4, -0.2) is 67.3 Å².